The minimum absolute atomic E-state index is 0.157. The number of ether oxygens (including phenoxy) is 1. The monoisotopic (exact) mass is 378 g/mol. The van der Waals surface area contributed by atoms with Gasteiger partial charge in [0.2, 0.25) is 0 Å². The van der Waals surface area contributed by atoms with Crippen LogP contribution in [0.1, 0.15) is 26.3 Å². The van der Waals surface area contributed by atoms with Gasteiger partial charge < -0.3 is 9.16 Å². The van der Waals surface area contributed by atoms with E-state index < -0.39 is 8.32 Å². The van der Waals surface area contributed by atoms with Crippen molar-refractivity contribution in [1.29, 1.82) is 0 Å². The summed E-state index contributed by atoms with van der Waals surface area (Å²) < 4.78 is 12.1. The molecule has 1 aliphatic heterocycles. The van der Waals surface area contributed by atoms with Crippen LogP contribution >= 0.6 is 0 Å². The molecule has 0 bridgehead atoms. The third-order valence-electron chi connectivity index (χ3n) is 5.95. The van der Waals surface area contributed by atoms with Crippen LogP contribution in [-0.2, 0) is 15.7 Å². The Morgan fingerprint density at radius 1 is 1.00 bits per heavy atom. The Balaban J connectivity index is 1.74. The second-order valence-electron chi connectivity index (χ2n) is 8.99. The van der Waals surface area contributed by atoms with Crippen LogP contribution in [0.3, 0.4) is 0 Å². The molecule has 4 nitrogen and oxygen atoms in total. The van der Waals surface area contributed by atoms with Gasteiger partial charge in [0.1, 0.15) is 0 Å². The second-order valence-corrected chi connectivity index (χ2v) is 13.8. The molecule has 1 aromatic rings. The van der Waals surface area contributed by atoms with E-state index in [1.54, 1.807) is 0 Å². The van der Waals surface area contributed by atoms with Crippen molar-refractivity contribution in [3.05, 3.63) is 35.9 Å². The molecule has 5 heteroatoms. The molecule has 1 aromatic carbocycles. The van der Waals surface area contributed by atoms with E-state index in [1.807, 2.05) is 7.11 Å². The molecule has 0 aromatic heterocycles. The van der Waals surface area contributed by atoms with Gasteiger partial charge in [-0.05, 0) is 23.7 Å². The Labute approximate surface area is 161 Å². The molecule has 1 saturated heterocycles. The van der Waals surface area contributed by atoms with Crippen LogP contribution in [0.5, 0.6) is 0 Å². The van der Waals surface area contributed by atoms with Crippen molar-refractivity contribution in [2.24, 2.45) is 0 Å². The molecule has 1 fully saturated rings. The van der Waals surface area contributed by atoms with E-state index in [0.717, 1.165) is 39.3 Å². The number of hydrogen-bond donors (Lipinski definition) is 0. The third kappa shape index (κ3) is 6.46. The van der Waals surface area contributed by atoms with E-state index in [4.69, 9.17) is 9.16 Å². The summed E-state index contributed by atoms with van der Waals surface area (Å²) in [6, 6.07) is 10.8. The lowest BCUT2D eigenvalue weighted by molar-refractivity contribution is 0.0121. The fourth-order valence-electron chi connectivity index (χ4n) is 2.97. The molecule has 148 valence electrons. The van der Waals surface area contributed by atoms with Crippen LogP contribution in [0.15, 0.2) is 30.3 Å². The zero-order chi connectivity index (χ0) is 19.2. The molecule has 0 radical (unpaired) electrons. The molecule has 0 spiro atoms. The molecule has 1 aliphatic rings. The van der Waals surface area contributed by atoms with Gasteiger partial charge in [-0.25, -0.2) is 0 Å². The van der Waals surface area contributed by atoms with Gasteiger partial charge in [0.25, 0.3) is 0 Å². The highest BCUT2D eigenvalue weighted by Crippen LogP contribution is 2.36. The van der Waals surface area contributed by atoms with E-state index >= 15 is 0 Å². The zero-order valence-corrected chi connectivity index (χ0v) is 18.6. The average molecular weight is 379 g/mol. The lowest BCUT2D eigenvalue weighted by Gasteiger charge is -2.39. The first kappa shape index (κ1) is 21.6. The maximum absolute atomic E-state index is 6.37. The van der Waals surface area contributed by atoms with Gasteiger partial charge >= 0.3 is 0 Å². The third-order valence-corrected chi connectivity index (χ3v) is 10.4. The molecular weight excluding hydrogens is 340 g/mol. The summed E-state index contributed by atoms with van der Waals surface area (Å²) in [6.07, 6.45) is 0.157. The summed E-state index contributed by atoms with van der Waals surface area (Å²) in [5, 5.41) is 0.244. The van der Waals surface area contributed by atoms with Crippen molar-refractivity contribution in [3.63, 3.8) is 0 Å². The summed E-state index contributed by atoms with van der Waals surface area (Å²) in [6.45, 7) is 18.6. The molecule has 1 heterocycles. The highest BCUT2D eigenvalue weighted by molar-refractivity contribution is 6.74. The van der Waals surface area contributed by atoms with E-state index in [1.165, 1.54) is 5.56 Å². The number of hydrogen-bond acceptors (Lipinski definition) is 4. The number of nitrogens with zero attached hydrogens (tertiary/aromatic N) is 2. The summed E-state index contributed by atoms with van der Waals surface area (Å²) in [4.78, 5) is 5.06. The highest BCUT2D eigenvalue weighted by Gasteiger charge is 2.37. The van der Waals surface area contributed by atoms with E-state index in [-0.39, 0.29) is 11.1 Å². The Hall–Kier alpha value is -0.723. The van der Waals surface area contributed by atoms with Gasteiger partial charge in [-0.3, -0.25) is 9.80 Å². The summed E-state index contributed by atoms with van der Waals surface area (Å²) >= 11 is 0. The fourth-order valence-corrected chi connectivity index (χ4v) is 4.01. The lowest BCUT2D eigenvalue weighted by Crippen LogP contribution is -2.50. The number of methoxy groups -OCH3 is 1. The van der Waals surface area contributed by atoms with Crippen molar-refractivity contribution in [2.75, 3.05) is 46.4 Å². The molecule has 0 N–H and O–H groups in total. The van der Waals surface area contributed by atoms with Gasteiger partial charge in [0, 0.05) is 46.4 Å². The van der Waals surface area contributed by atoms with Crippen LogP contribution in [0.4, 0.5) is 0 Å². The second kappa shape index (κ2) is 9.47. The topological polar surface area (TPSA) is 24.9 Å². The number of piperazine rings is 1. The molecule has 26 heavy (non-hydrogen) atoms. The minimum Gasteiger partial charge on any atom is -0.414 e. The van der Waals surface area contributed by atoms with Crippen molar-refractivity contribution in [1.82, 2.24) is 9.80 Å². The first-order valence-electron chi connectivity index (χ1n) is 9.86. The maximum Gasteiger partial charge on any atom is 0.192 e. The summed E-state index contributed by atoms with van der Waals surface area (Å²) in [5.41, 5.74) is 1.40. The quantitative estimate of drug-likeness (QED) is 0.642. The van der Waals surface area contributed by atoms with E-state index in [9.17, 15) is 0 Å². The maximum atomic E-state index is 6.37. The first-order chi connectivity index (χ1) is 12.2. The Bertz CT molecular complexity index is 523. The molecule has 2 rings (SSSR count). The van der Waals surface area contributed by atoms with Crippen molar-refractivity contribution in [2.45, 2.75) is 51.6 Å². The smallest absolute Gasteiger partial charge is 0.192 e. The molecule has 0 saturated carbocycles. The minimum atomic E-state index is -1.71. The van der Waals surface area contributed by atoms with E-state index in [0.29, 0.717) is 6.61 Å². The fraction of sp³-hybridized carbons (Fsp3) is 0.714. The lowest BCUT2D eigenvalue weighted by atomic mass is 10.2. The average Bonchev–Trinajstić information content (AvgIpc) is 2.60. The normalized spacial score (nSPS) is 18.8. The predicted molar refractivity (Wildman–Crippen MR) is 112 cm³/mol. The zero-order valence-electron chi connectivity index (χ0n) is 17.6. The Kier molecular flexibility index (Phi) is 7.86. The van der Waals surface area contributed by atoms with Crippen molar-refractivity contribution in [3.8, 4) is 0 Å². The van der Waals surface area contributed by atoms with Crippen LogP contribution in [0.2, 0.25) is 18.1 Å². The van der Waals surface area contributed by atoms with Crippen LogP contribution in [-0.4, -0.2) is 70.7 Å². The molecule has 0 amide bonds. The van der Waals surface area contributed by atoms with Gasteiger partial charge in [0.15, 0.2) is 8.32 Å². The van der Waals surface area contributed by atoms with Crippen LogP contribution in [0, 0.1) is 0 Å². The standard InChI is InChI=1S/C21H38N2O2Si/c1-21(2,3)26(5,6)25-18-20(24-4)17-23-14-12-22(13-15-23)16-19-10-8-7-9-11-19/h7-11,20H,12-18H2,1-6H3/t20-/m0/s1. The van der Waals surface area contributed by atoms with Gasteiger partial charge in [-0.1, -0.05) is 51.1 Å². The van der Waals surface area contributed by atoms with Crippen LogP contribution in [0.25, 0.3) is 0 Å². The van der Waals surface area contributed by atoms with Gasteiger partial charge in [-0.2, -0.15) is 0 Å². The van der Waals surface area contributed by atoms with Crippen LogP contribution < -0.4 is 0 Å². The largest absolute Gasteiger partial charge is 0.414 e. The van der Waals surface area contributed by atoms with Crippen molar-refractivity contribution < 1.29 is 9.16 Å². The summed E-state index contributed by atoms with van der Waals surface area (Å²) in [7, 11) is 0.100. The Morgan fingerprint density at radius 2 is 1.58 bits per heavy atom. The number of rotatable bonds is 8. The summed E-state index contributed by atoms with van der Waals surface area (Å²) in [5.74, 6) is 0. The molecule has 1 atom stereocenters. The molecular formula is C21H38N2O2Si. The SMILES string of the molecule is CO[C@H](CO[Si](C)(C)C(C)(C)C)CN1CCN(Cc2ccccc2)CC1. The molecule has 0 aliphatic carbocycles. The predicted octanol–water partition coefficient (Wildman–Crippen LogP) is 3.84. The van der Waals surface area contributed by atoms with Crippen molar-refractivity contribution >= 4 is 8.32 Å². The number of benzene rings is 1. The van der Waals surface area contributed by atoms with Gasteiger partial charge in [-0.15, -0.1) is 0 Å². The van der Waals surface area contributed by atoms with E-state index in [2.05, 4.69) is 74.0 Å². The highest BCUT2D eigenvalue weighted by atomic mass is 28.4. The Morgan fingerprint density at radius 3 is 2.12 bits per heavy atom. The first-order valence-corrected chi connectivity index (χ1v) is 12.8. The van der Waals surface area contributed by atoms with Gasteiger partial charge in [0.05, 0.1) is 12.7 Å². The molecule has 0 unspecified atom stereocenters.